The molecule has 0 spiro atoms. The first kappa shape index (κ1) is 8.69. The summed E-state index contributed by atoms with van der Waals surface area (Å²) in [4.78, 5) is 3.91. The zero-order valence-corrected chi connectivity index (χ0v) is 7.37. The molecule has 0 saturated carbocycles. The zero-order valence-electron chi connectivity index (χ0n) is 7.37. The quantitative estimate of drug-likeness (QED) is 0.748. The summed E-state index contributed by atoms with van der Waals surface area (Å²) >= 11 is 0. The molecule has 70 valence electrons. The Labute approximate surface area is 80.3 Å². The second-order valence-corrected chi connectivity index (χ2v) is 2.90. The average Bonchev–Trinajstić information content (AvgIpc) is 2.23. The highest BCUT2D eigenvalue weighted by molar-refractivity contribution is 5.91. The van der Waals surface area contributed by atoms with Crippen molar-refractivity contribution in [2.75, 3.05) is 0 Å². The van der Waals surface area contributed by atoms with Crippen LogP contribution in [0, 0.1) is 5.82 Å². The number of aromatic hydroxyl groups is 1. The van der Waals surface area contributed by atoms with E-state index in [0.29, 0.717) is 10.9 Å². The predicted molar refractivity (Wildman–Crippen MR) is 53.5 cm³/mol. The minimum absolute atomic E-state index is 0.266. The normalized spacial score (nSPS) is 10.4. The van der Waals surface area contributed by atoms with Gasteiger partial charge in [-0.3, -0.25) is 4.98 Å². The van der Waals surface area contributed by atoms with Crippen LogP contribution in [0.1, 0.15) is 5.56 Å². The van der Waals surface area contributed by atoms with Gasteiger partial charge in [-0.25, -0.2) is 4.39 Å². The summed E-state index contributed by atoms with van der Waals surface area (Å²) in [5, 5.41) is 10.1. The van der Waals surface area contributed by atoms with E-state index in [-0.39, 0.29) is 5.52 Å². The van der Waals surface area contributed by atoms with Crippen LogP contribution in [0.25, 0.3) is 17.0 Å². The van der Waals surface area contributed by atoms with E-state index in [0.717, 1.165) is 0 Å². The zero-order chi connectivity index (χ0) is 10.1. The average molecular weight is 189 g/mol. The molecule has 0 saturated heterocycles. The van der Waals surface area contributed by atoms with Crippen molar-refractivity contribution in [3.63, 3.8) is 0 Å². The molecule has 2 nitrogen and oxygen atoms in total. The first-order chi connectivity index (χ1) is 6.74. The SMILES string of the molecule is C=Cc1cc(F)c(O)c2ncccc12. The number of fused-ring (bicyclic) bond motifs is 1. The van der Waals surface area contributed by atoms with E-state index in [1.165, 1.54) is 18.3 Å². The Morgan fingerprint density at radius 1 is 1.50 bits per heavy atom. The number of nitrogens with zero attached hydrogens (tertiary/aromatic N) is 1. The summed E-state index contributed by atoms with van der Waals surface area (Å²) in [6, 6.07) is 4.73. The monoisotopic (exact) mass is 189 g/mol. The van der Waals surface area contributed by atoms with Gasteiger partial charge in [-0.1, -0.05) is 18.7 Å². The second kappa shape index (κ2) is 3.10. The fraction of sp³-hybridized carbons (Fsp3) is 0. The van der Waals surface area contributed by atoms with Crippen LogP contribution in [-0.2, 0) is 0 Å². The van der Waals surface area contributed by atoms with Gasteiger partial charge in [0, 0.05) is 11.6 Å². The van der Waals surface area contributed by atoms with Gasteiger partial charge >= 0.3 is 0 Å². The number of benzene rings is 1. The highest BCUT2D eigenvalue weighted by atomic mass is 19.1. The van der Waals surface area contributed by atoms with Gasteiger partial charge in [0.1, 0.15) is 5.52 Å². The van der Waals surface area contributed by atoms with Crippen LogP contribution >= 0.6 is 0 Å². The molecule has 2 rings (SSSR count). The topological polar surface area (TPSA) is 33.1 Å². The molecule has 0 aliphatic rings. The van der Waals surface area contributed by atoms with E-state index in [1.807, 2.05) is 0 Å². The highest BCUT2D eigenvalue weighted by Crippen LogP contribution is 2.29. The van der Waals surface area contributed by atoms with E-state index in [1.54, 1.807) is 12.1 Å². The van der Waals surface area contributed by atoms with Crippen LogP contribution in [0.3, 0.4) is 0 Å². The summed E-state index contributed by atoms with van der Waals surface area (Å²) in [6.07, 6.45) is 3.04. The Hall–Kier alpha value is -1.90. The number of hydrogen-bond donors (Lipinski definition) is 1. The molecule has 14 heavy (non-hydrogen) atoms. The summed E-state index contributed by atoms with van der Waals surface area (Å²) in [6.45, 7) is 3.58. The number of phenolic OH excluding ortho intramolecular Hbond substituents is 1. The Kier molecular flexibility index (Phi) is 1.93. The van der Waals surface area contributed by atoms with Crippen molar-refractivity contribution in [1.29, 1.82) is 0 Å². The Balaban J connectivity index is 2.96. The first-order valence-electron chi connectivity index (χ1n) is 4.12. The third kappa shape index (κ3) is 1.14. The molecule has 0 aliphatic carbocycles. The lowest BCUT2D eigenvalue weighted by Crippen LogP contribution is -1.86. The molecular formula is C11H8FNO. The molecule has 0 fully saturated rings. The summed E-state index contributed by atoms with van der Waals surface area (Å²) < 4.78 is 13.2. The largest absolute Gasteiger partial charge is 0.503 e. The third-order valence-electron chi connectivity index (χ3n) is 2.07. The van der Waals surface area contributed by atoms with Gasteiger partial charge < -0.3 is 5.11 Å². The van der Waals surface area contributed by atoms with Crippen molar-refractivity contribution in [1.82, 2.24) is 4.98 Å². The highest BCUT2D eigenvalue weighted by Gasteiger charge is 2.09. The molecule has 0 bridgehead atoms. The molecular weight excluding hydrogens is 181 g/mol. The lowest BCUT2D eigenvalue weighted by Gasteiger charge is -2.04. The number of halogens is 1. The minimum Gasteiger partial charge on any atom is -0.503 e. The van der Waals surface area contributed by atoms with Crippen LogP contribution in [0.15, 0.2) is 31.0 Å². The van der Waals surface area contributed by atoms with Crippen LogP contribution in [0.5, 0.6) is 5.75 Å². The Morgan fingerprint density at radius 2 is 2.29 bits per heavy atom. The molecule has 1 heterocycles. The Morgan fingerprint density at radius 3 is 3.00 bits per heavy atom. The molecule has 0 aliphatic heterocycles. The summed E-state index contributed by atoms with van der Waals surface area (Å²) in [5.74, 6) is -1.09. The predicted octanol–water partition coefficient (Wildman–Crippen LogP) is 2.72. The maximum absolute atomic E-state index is 13.2. The lowest BCUT2D eigenvalue weighted by molar-refractivity contribution is 0.437. The van der Waals surface area contributed by atoms with Gasteiger partial charge in [0.05, 0.1) is 0 Å². The van der Waals surface area contributed by atoms with Gasteiger partial charge in [0.2, 0.25) is 0 Å². The standard InChI is InChI=1S/C11H8FNO/c1-2-7-6-9(12)11(14)10-8(7)4-3-5-13-10/h2-6,14H,1H2. The summed E-state index contributed by atoms with van der Waals surface area (Å²) in [7, 11) is 0. The lowest BCUT2D eigenvalue weighted by atomic mass is 10.1. The molecule has 2 aromatic rings. The van der Waals surface area contributed by atoms with Gasteiger partial charge in [-0.2, -0.15) is 0 Å². The van der Waals surface area contributed by atoms with Crippen LogP contribution in [0.2, 0.25) is 0 Å². The fourth-order valence-electron chi connectivity index (χ4n) is 1.39. The second-order valence-electron chi connectivity index (χ2n) is 2.90. The van der Waals surface area contributed by atoms with Crippen molar-refractivity contribution in [3.8, 4) is 5.75 Å². The van der Waals surface area contributed by atoms with Crippen molar-refractivity contribution < 1.29 is 9.50 Å². The number of phenols is 1. The Bertz CT molecular complexity index is 508. The van der Waals surface area contributed by atoms with E-state index in [2.05, 4.69) is 11.6 Å². The van der Waals surface area contributed by atoms with E-state index < -0.39 is 11.6 Å². The van der Waals surface area contributed by atoms with E-state index in [4.69, 9.17) is 0 Å². The fourth-order valence-corrected chi connectivity index (χ4v) is 1.39. The van der Waals surface area contributed by atoms with Crippen LogP contribution in [0.4, 0.5) is 4.39 Å². The third-order valence-corrected chi connectivity index (χ3v) is 2.07. The smallest absolute Gasteiger partial charge is 0.178 e. The molecule has 1 N–H and O–H groups in total. The van der Waals surface area contributed by atoms with Crippen molar-refractivity contribution in [2.45, 2.75) is 0 Å². The maximum Gasteiger partial charge on any atom is 0.178 e. The molecule has 0 amide bonds. The molecule has 0 radical (unpaired) electrons. The molecule has 0 atom stereocenters. The molecule has 1 aromatic carbocycles. The van der Waals surface area contributed by atoms with Crippen molar-refractivity contribution in [2.24, 2.45) is 0 Å². The van der Waals surface area contributed by atoms with Crippen LogP contribution < -0.4 is 0 Å². The van der Waals surface area contributed by atoms with Gasteiger partial charge in [-0.15, -0.1) is 0 Å². The van der Waals surface area contributed by atoms with E-state index >= 15 is 0 Å². The molecule has 1 aromatic heterocycles. The first-order valence-corrected chi connectivity index (χ1v) is 4.12. The number of aromatic nitrogens is 1. The molecule has 0 unspecified atom stereocenters. The minimum atomic E-state index is -0.675. The van der Waals surface area contributed by atoms with Crippen molar-refractivity contribution >= 4 is 17.0 Å². The number of rotatable bonds is 1. The maximum atomic E-state index is 13.2. The van der Waals surface area contributed by atoms with E-state index in [9.17, 15) is 9.50 Å². The van der Waals surface area contributed by atoms with Crippen molar-refractivity contribution in [3.05, 3.63) is 42.4 Å². The van der Waals surface area contributed by atoms with Gasteiger partial charge in [0.25, 0.3) is 0 Å². The number of hydrogen-bond acceptors (Lipinski definition) is 2. The molecule has 3 heteroatoms. The number of pyridine rings is 1. The summed E-state index contributed by atoms with van der Waals surface area (Å²) in [5.41, 5.74) is 0.894. The van der Waals surface area contributed by atoms with Crippen LogP contribution in [-0.4, -0.2) is 10.1 Å². The van der Waals surface area contributed by atoms with Gasteiger partial charge in [-0.05, 0) is 17.7 Å². The van der Waals surface area contributed by atoms with Gasteiger partial charge in [0.15, 0.2) is 11.6 Å².